The summed E-state index contributed by atoms with van der Waals surface area (Å²) in [5, 5.41) is 9.32. The van der Waals surface area contributed by atoms with Gasteiger partial charge in [-0.2, -0.15) is 9.98 Å². The smallest absolute Gasteiger partial charge is 0.242 e. The molecular weight excluding hydrogens is 328 g/mol. The van der Waals surface area contributed by atoms with Gasteiger partial charge >= 0.3 is 0 Å². The molecule has 0 aliphatic rings. The molecule has 0 saturated heterocycles. The van der Waals surface area contributed by atoms with Crippen LogP contribution in [0.3, 0.4) is 0 Å². The molecule has 24 heavy (non-hydrogen) atoms. The fourth-order valence-corrected chi connectivity index (χ4v) is 3.28. The van der Waals surface area contributed by atoms with Crippen molar-refractivity contribution < 1.29 is 17.9 Å². The molecule has 0 radical (unpaired) electrons. The van der Waals surface area contributed by atoms with Gasteiger partial charge in [0.05, 0.1) is 25.2 Å². The van der Waals surface area contributed by atoms with E-state index in [9.17, 15) is 13.7 Å². The Labute approximate surface area is 141 Å². The van der Waals surface area contributed by atoms with Crippen LogP contribution in [0.4, 0.5) is 0 Å². The summed E-state index contributed by atoms with van der Waals surface area (Å²) < 4.78 is 37.7. The number of hydrogen-bond acceptors (Lipinski definition) is 5. The van der Waals surface area contributed by atoms with Crippen LogP contribution in [0.2, 0.25) is 0 Å². The van der Waals surface area contributed by atoms with E-state index in [2.05, 4.69) is 4.72 Å². The molecule has 1 atom stereocenters. The maximum Gasteiger partial charge on any atom is 0.242 e. The van der Waals surface area contributed by atoms with E-state index in [0.29, 0.717) is 17.1 Å². The first-order valence-corrected chi connectivity index (χ1v) is 8.60. The molecular formula is C17H18N2O4S. The minimum absolute atomic E-state index is 0.00693. The number of ether oxygens (including phenoxy) is 2. The summed E-state index contributed by atoms with van der Waals surface area (Å²) in [5.74, 6) is 0.719. The molecule has 1 unspecified atom stereocenters. The van der Waals surface area contributed by atoms with Gasteiger partial charge in [0.25, 0.3) is 0 Å². The van der Waals surface area contributed by atoms with Gasteiger partial charge in [-0.05, 0) is 24.6 Å². The molecule has 2 aromatic carbocycles. The Kier molecular flexibility index (Phi) is 5.44. The normalized spacial score (nSPS) is 12.2. The molecule has 0 aliphatic heterocycles. The van der Waals surface area contributed by atoms with E-state index >= 15 is 0 Å². The van der Waals surface area contributed by atoms with Crippen molar-refractivity contribution >= 4 is 10.0 Å². The first kappa shape index (κ1) is 17.8. The molecule has 126 valence electrons. The second-order valence-electron chi connectivity index (χ2n) is 5.11. The third-order valence-corrected chi connectivity index (χ3v) is 4.90. The van der Waals surface area contributed by atoms with E-state index in [-0.39, 0.29) is 4.90 Å². The Morgan fingerprint density at radius 1 is 1.04 bits per heavy atom. The van der Waals surface area contributed by atoms with E-state index in [4.69, 9.17) is 9.47 Å². The molecule has 0 saturated carbocycles. The van der Waals surface area contributed by atoms with Crippen molar-refractivity contribution in [1.29, 1.82) is 5.26 Å². The number of nitrogens with zero attached hydrogens (tertiary/aromatic N) is 1. The Bertz CT molecular complexity index is 855. The van der Waals surface area contributed by atoms with Gasteiger partial charge in [-0.1, -0.05) is 29.8 Å². The number of methoxy groups -OCH3 is 2. The highest BCUT2D eigenvalue weighted by molar-refractivity contribution is 7.89. The number of rotatable bonds is 6. The zero-order valence-electron chi connectivity index (χ0n) is 13.6. The summed E-state index contributed by atoms with van der Waals surface area (Å²) in [6.45, 7) is 1.92. The number of sulfonamides is 1. The van der Waals surface area contributed by atoms with Gasteiger partial charge in [0.1, 0.15) is 6.04 Å². The fourth-order valence-electron chi connectivity index (χ4n) is 2.13. The van der Waals surface area contributed by atoms with Crippen LogP contribution in [-0.2, 0) is 10.0 Å². The minimum Gasteiger partial charge on any atom is -0.493 e. The lowest BCUT2D eigenvalue weighted by Gasteiger charge is -2.14. The van der Waals surface area contributed by atoms with E-state index in [0.717, 1.165) is 5.56 Å². The van der Waals surface area contributed by atoms with Gasteiger partial charge in [-0.3, -0.25) is 0 Å². The highest BCUT2D eigenvalue weighted by atomic mass is 32.2. The van der Waals surface area contributed by atoms with Gasteiger partial charge in [0.15, 0.2) is 11.5 Å². The highest BCUT2D eigenvalue weighted by Crippen LogP contribution is 2.29. The average Bonchev–Trinajstić information content (AvgIpc) is 2.59. The van der Waals surface area contributed by atoms with Crippen molar-refractivity contribution in [3.63, 3.8) is 0 Å². The molecule has 0 fully saturated rings. The Hall–Kier alpha value is -2.56. The number of nitriles is 1. The largest absolute Gasteiger partial charge is 0.493 e. The van der Waals surface area contributed by atoms with Crippen LogP contribution < -0.4 is 14.2 Å². The molecule has 0 spiro atoms. The molecule has 6 nitrogen and oxygen atoms in total. The average molecular weight is 346 g/mol. The second kappa shape index (κ2) is 7.34. The Morgan fingerprint density at radius 2 is 1.67 bits per heavy atom. The van der Waals surface area contributed by atoms with Crippen LogP contribution in [0, 0.1) is 18.3 Å². The molecule has 0 amide bonds. The van der Waals surface area contributed by atoms with Crippen LogP contribution in [0.1, 0.15) is 17.2 Å². The maximum absolute atomic E-state index is 12.6. The minimum atomic E-state index is -3.90. The van der Waals surface area contributed by atoms with Crippen molar-refractivity contribution in [3.05, 3.63) is 53.6 Å². The summed E-state index contributed by atoms with van der Waals surface area (Å²) in [7, 11) is -1.01. The molecule has 1 N–H and O–H groups in total. The molecule has 0 bridgehead atoms. The molecule has 0 aliphatic carbocycles. The Morgan fingerprint density at radius 3 is 2.21 bits per heavy atom. The maximum atomic E-state index is 12.6. The summed E-state index contributed by atoms with van der Waals surface area (Å²) >= 11 is 0. The van der Waals surface area contributed by atoms with Gasteiger partial charge in [0.2, 0.25) is 10.0 Å². The van der Waals surface area contributed by atoms with Crippen molar-refractivity contribution in [2.45, 2.75) is 17.9 Å². The van der Waals surface area contributed by atoms with Crippen LogP contribution in [-0.4, -0.2) is 22.6 Å². The zero-order valence-corrected chi connectivity index (χ0v) is 14.4. The number of benzene rings is 2. The predicted octanol–water partition coefficient (Wildman–Crippen LogP) is 2.56. The van der Waals surface area contributed by atoms with Crippen molar-refractivity contribution in [3.8, 4) is 17.6 Å². The van der Waals surface area contributed by atoms with Gasteiger partial charge < -0.3 is 9.47 Å². The fraction of sp³-hybridized carbons (Fsp3) is 0.235. The summed E-state index contributed by atoms with van der Waals surface area (Å²) in [5.41, 5.74) is 1.60. The summed E-state index contributed by atoms with van der Waals surface area (Å²) in [4.78, 5) is -0.00693. The van der Waals surface area contributed by atoms with E-state index in [1.165, 1.54) is 32.4 Å². The first-order chi connectivity index (χ1) is 11.4. The van der Waals surface area contributed by atoms with Gasteiger partial charge in [-0.15, -0.1) is 0 Å². The lowest BCUT2D eigenvalue weighted by Crippen LogP contribution is -2.27. The van der Waals surface area contributed by atoms with E-state index in [1.807, 2.05) is 25.1 Å². The third-order valence-electron chi connectivity index (χ3n) is 3.48. The molecule has 2 rings (SSSR count). The van der Waals surface area contributed by atoms with Crippen LogP contribution in [0.5, 0.6) is 11.5 Å². The molecule has 7 heteroatoms. The van der Waals surface area contributed by atoms with Gasteiger partial charge in [-0.25, -0.2) is 8.42 Å². The number of aryl methyl sites for hydroxylation is 1. The molecule has 0 heterocycles. The number of nitrogens with one attached hydrogen (secondary N) is 1. The summed E-state index contributed by atoms with van der Waals surface area (Å²) in [6, 6.07) is 12.3. The topological polar surface area (TPSA) is 88.4 Å². The SMILES string of the molecule is COc1ccc(S(=O)(=O)NC(C#N)c2ccc(C)cc2)cc1OC. The zero-order chi connectivity index (χ0) is 17.7. The molecule has 0 aromatic heterocycles. The standard InChI is InChI=1S/C17H18N2O4S/c1-12-4-6-13(7-5-12)15(11-18)19-24(20,21)14-8-9-16(22-2)17(10-14)23-3/h4-10,15,19H,1-3H3. The van der Waals surface area contributed by atoms with E-state index in [1.54, 1.807) is 12.1 Å². The highest BCUT2D eigenvalue weighted by Gasteiger charge is 2.22. The number of hydrogen-bond donors (Lipinski definition) is 1. The Balaban J connectivity index is 2.33. The molecule has 2 aromatic rings. The second-order valence-corrected chi connectivity index (χ2v) is 6.82. The summed E-state index contributed by atoms with van der Waals surface area (Å²) in [6.07, 6.45) is 0. The van der Waals surface area contributed by atoms with Crippen LogP contribution >= 0.6 is 0 Å². The predicted molar refractivity (Wildman–Crippen MR) is 89.4 cm³/mol. The lowest BCUT2D eigenvalue weighted by atomic mass is 10.1. The lowest BCUT2D eigenvalue weighted by molar-refractivity contribution is 0.354. The van der Waals surface area contributed by atoms with E-state index < -0.39 is 16.1 Å². The first-order valence-electron chi connectivity index (χ1n) is 7.12. The van der Waals surface area contributed by atoms with Crippen molar-refractivity contribution in [2.24, 2.45) is 0 Å². The van der Waals surface area contributed by atoms with Crippen molar-refractivity contribution in [1.82, 2.24) is 4.72 Å². The quantitative estimate of drug-likeness (QED) is 0.868. The third kappa shape index (κ3) is 3.85. The van der Waals surface area contributed by atoms with Crippen molar-refractivity contribution in [2.75, 3.05) is 14.2 Å². The monoisotopic (exact) mass is 346 g/mol. The van der Waals surface area contributed by atoms with Crippen LogP contribution in [0.15, 0.2) is 47.4 Å². The van der Waals surface area contributed by atoms with Crippen LogP contribution in [0.25, 0.3) is 0 Å². The van der Waals surface area contributed by atoms with Gasteiger partial charge in [0, 0.05) is 6.07 Å².